The lowest BCUT2D eigenvalue weighted by atomic mass is 9.99. The minimum atomic E-state index is -1.59. The first kappa shape index (κ1) is 22.4. The van der Waals surface area contributed by atoms with E-state index in [1.807, 2.05) is 6.08 Å². The fraction of sp³-hybridized carbons (Fsp3) is 0.900. The third-order valence-corrected chi connectivity index (χ3v) is 13.0. The Morgan fingerprint density at radius 1 is 1.07 bits per heavy atom. The van der Waals surface area contributed by atoms with Gasteiger partial charge in [0.15, 0.2) is 6.29 Å². The molecule has 8 heteroatoms. The lowest BCUT2D eigenvalue weighted by Crippen LogP contribution is -2.58. The summed E-state index contributed by atoms with van der Waals surface area (Å²) in [5.41, 5.74) is 0.391. The van der Waals surface area contributed by atoms with Crippen LogP contribution in [0.4, 0.5) is 0 Å². The average Bonchev–Trinajstić information content (AvgIpc) is 2.99. The first-order valence-corrected chi connectivity index (χ1v) is 13.0. The van der Waals surface area contributed by atoms with E-state index in [0.29, 0.717) is 18.8 Å². The highest BCUT2D eigenvalue weighted by Crippen LogP contribution is 2.48. The van der Waals surface area contributed by atoms with Crippen LogP contribution in [-0.2, 0) is 33.2 Å². The molecule has 2 saturated heterocycles. The highest BCUT2D eigenvalue weighted by Gasteiger charge is 2.60. The molecule has 1 unspecified atom stereocenters. The van der Waals surface area contributed by atoms with Crippen LogP contribution in [0.2, 0.25) is 23.7 Å². The fourth-order valence-electron chi connectivity index (χ4n) is 4.01. The van der Waals surface area contributed by atoms with Gasteiger partial charge in [0, 0.05) is 27.4 Å². The maximum atomic E-state index is 6.30. The zero-order valence-corrected chi connectivity index (χ0v) is 19.4. The Balaban J connectivity index is 1.80. The number of ether oxygens (including phenoxy) is 7. The molecule has 3 heterocycles. The topological polar surface area (TPSA) is 64.6 Å². The van der Waals surface area contributed by atoms with Crippen LogP contribution in [0, 0.1) is 0 Å². The van der Waals surface area contributed by atoms with Crippen molar-refractivity contribution in [3.05, 3.63) is 12.2 Å². The number of hydrogen-bond acceptors (Lipinski definition) is 7. The normalized spacial score (nSPS) is 41.4. The van der Waals surface area contributed by atoms with E-state index in [1.54, 1.807) is 21.3 Å². The van der Waals surface area contributed by atoms with Gasteiger partial charge < -0.3 is 33.2 Å². The third kappa shape index (κ3) is 3.86. The predicted molar refractivity (Wildman–Crippen MR) is 107 cm³/mol. The van der Waals surface area contributed by atoms with E-state index < -0.39 is 26.4 Å². The standard InChI is InChI=1S/C20H36O7Si/c1-19(2,3)28(7,8)13-9-10-20(24-11-13)26-16-15(22-5)14(12-21-4)25-18(23-6)17(16)27-20/h9-10,13-18H,11-12H2,1-8H3/t13-,14+,15+,16-,17+,18-,20?/m0/s1. The minimum absolute atomic E-state index is 0.269. The molecular formula is C20H36O7Si. The van der Waals surface area contributed by atoms with Crippen molar-refractivity contribution in [1.29, 1.82) is 0 Å². The van der Waals surface area contributed by atoms with Gasteiger partial charge in [-0.25, -0.2) is 0 Å². The summed E-state index contributed by atoms with van der Waals surface area (Å²) >= 11 is 0. The van der Waals surface area contributed by atoms with Crippen molar-refractivity contribution >= 4 is 8.07 Å². The molecule has 0 aromatic heterocycles. The first-order valence-electron chi connectivity index (χ1n) is 9.97. The summed E-state index contributed by atoms with van der Waals surface area (Å²) in [6.45, 7) is 12.7. The Hall–Kier alpha value is -0.323. The third-order valence-electron chi connectivity index (χ3n) is 6.88. The molecule has 0 saturated carbocycles. The molecule has 162 valence electrons. The lowest BCUT2D eigenvalue weighted by Gasteiger charge is -2.44. The van der Waals surface area contributed by atoms with Gasteiger partial charge in [0.1, 0.15) is 24.4 Å². The van der Waals surface area contributed by atoms with Gasteiger partial charge in [-0.15, -0.1) is 0 Å². The van der Waals surface area contributed by atoms with Gasteiger partial charge in [0.2, 0.25) is 0 Å². The maximum Gasteiger partial charge on any atom is 0.305 e. The van der Waals surface area contributed by atoms with E-state index in [1.165, 1.54) is 0 Å². The molecule has 0 amide bonds. The van der Waals surface area contributed by atoms with Crippen LogP contribution >= 0.6 is 0 Å². The van der Waals surface area contributed by atoms with Gasteiger partial charge in [-0.05, 0) is 10.6 Å². The smallest absolute Gasteiger partial charge is 0.305 e. The van der Waals surface area contributed by atoms with Crippen LogP contribution in [0.25, 0.3) is 0 Å². The summed E-state index contributed by atoms with van der Waals surface area (Å²) in [5.74, 6) is -1.22. The van der Waals surface area contributed by atoms with Crippen molar-refractivity contribution in [2.24, 2.45) is 0 Å². The second-order valence-electron chi connectivity index (χ2n) is 9.45. The molecule has 3 aliphatic heterocycles. The van der Waals surface area contributed by atoms with Gasteiger partial charge in [0.25, 0.3) is 0 Å². The summed E-state index contributed by atoms with van der Waals surface area (Å²) < 4.78 is 41.2. The molecule has 0 aromatic rings. The minimum Gasteiger partial charge on any atom is -0.382 e. The highest BCUT2D eigenvalue weighted by atomic mass is 28.3. The zero-order chi connectivity index (χ0) is 20.7. The summed E-state index contributed by atoms with van der Waals surface area (Å²) in [5, 5.41) is 0.269. The number of methoxy groups -OCH3 is 3. The van der Waals surface area contributed by atoms with Crippen LogP contribution in [0.3, 0.4) is 0 Å². The summed E-state index contributed by atoms with van der Waals surface area (Å²) in [7, 11) is 3.28. The Morgan fingerprint density at radius 2 is 1.75 bits per heavy atom. The summed E-state index contributed by atoms with van der Waals surface area (Å²) in [6, 6.07) is 0. The van der Waals surface area contributed by atoms with Gasteiger partial charge in [-0.2, -0.15) is 0 Å². The monoisotopic (exact) mass is 416 g/mol. The highest BCUT2D eigenvalue weighted by molar-refractivity contribution is 6.82. The van der Waals surface area contributed by atoms with Crippen molar-refractivity contribution in [2.45, 2.75) is 81.1 Å². The van der Waals surface area contributed by atoms with E-state index in [9.17, 15) is 0 Å². The van der Waals surface area contributed by atoms with Crippen molar-refractivity contribution in [3.63, 3.8) is 0 Å². The van der Waals surface area contributed by atoms with Gasteiger partial charge >= 0.3 is 5.97 Å². The molecule has 0 aromatic carbocycles. The number of rotatable bonds is 5. The quantitative estimate of drug-likeness (QED) is 0.504. The van der Waals surface area contributed by atoms with E-state index in [2.05, 4.69) is 39.9 Å². The molecule has 0 bridgehead atoms. The van der Waals surface area contributed by atoms with Crippen LogP contribution in [0.5, 0.6) is 0 Å². The average molecular weight is 417 g/mol. The molecule has 0 N–H and O–H groups in total. The number of hydrogen-bond donors (Lipinski definition) is 0. The zero-order valence-electron chi connectivity index (χ0n) is 18.4. The van der Waals surface area contributed by atoms with Crippen molar-refractivity contribution < 1.29 is 33.2 Å². The lowest BCUT2D eigenvalue weighted by molar-refractivity contribution is -0.320. The predicted octanol–water partition coefficient (Wildman–Crippen LogP) is 2.92. The van der Waals surface area contributed by atoms with Gasteiger partial charge in [0.05, 0.1) is 21.3 Å². The molecule has 7 atom stereocenters. The molecule has 28 heavy (non-hydrogen) atoms. The van der Waals surface area contributed by atoms with Gasteiger partial charge in [-0.1, -0.05) is 39.9 Å². The fourth-order valence-corrected chi connectivity index (χ4v) is 6.20. The maximum absolute atomic E-state index is 6.30. The second kappa shape index (κ2) is 8.07. The largest absolute Gasteiger partial charge is 0.382 e. The molecule has 3 rings (SSSR count). The van der Waals surface area contributed by atoms with E-state index >= 15 is 0 Å². The summed E-state index contributed by atoms with van der Waals surface area (Å²) in [4.78, 5) is 0. The molecule has 2 fully saturated rings. The number of fused-ring (bicyclic) bond motifs is 1. The van der Waals surface area contributed by atoms with Crippen molar-refractivity contribution in [2.75, 3.05) is 34.5 Å². The second-order valence-corrected chi connectivity index (χ2v) is 15.1. The van der Waals surface area contributed by atoms with E-state index in [0.717, 1.165) is 0 Å². The Labute approximate surface area is 169 Å². The molecule has 0 aliphatic carbocycles. The van der Waals surface area contributed by atoms with Gasteiger partial charge in [-0.3, -0.25) is 0 Å². The SMILES string of the molecule is COC[C@H]1O[C@H](OC)[C@@H]2OC3(C=C[C@H]([Si](C)(C)C(C)(C)C)CO3)O[C@H]2[C@@H]1OC. The molecule has 0 radical (unpaired) electrons. The first-order chi connectivity index (χ1) is 13.1. The summed E-state index contributed by atoms with van der Waals surface area (Å²) in [6.07, 6.45) is 2.08. The van der Waals surface area contributed by atoms with Crippen molar-refractivity contribution in [1.82, 2.24) is 0 Å². The molecular weight excluding hydrogens is 380 g/mol. The van der Waals surface area contributed by atoms with E-state index in [4.69, 9.17) is 33.2 Å². The molecule has 3 aliphatic rings. The van der Waals surface area contributed by atoms with Crippen LogP contribution in [0.15, 0.2) is 12.2 Å². The van der Waals surface area contributed by atoms with Crippen LogP contribution in [-0.4, -0.2) is 79.3 Å². The Morgan fingerprint density at radius 3 is 2.25 bits per heavy atom. The Kier molecular flexibility index (Phi) is 6.45. The van der Waals surface area contributed by atoms with E-state index in [-0.39, 0.29) is 23.4 Å². The van der Waals surface area contributed by atoms with Crippen molar-refractivity contribution in [3.8, 4) is 0 Å². The Bertz CT molecular complexity index is 575. The molecule has 1 spiro atoms. The van der Waals surface area contributed by atoms with Crippen LogP contribution in [0.1, 0.15) is 20.8 Å². The van der Waals surface area contributed by atoms with Crippen LogP contribution < -0.4 is 0 Å². The molecule has 7 nitrogen and oxygen atoms in total.